The molecule has 160 valence electrons. The molecule has 29 heavy (non-hydrogen) atoms. The summed E-state index contributed by atoms with van der Waals surface area (Å²) in [7, 11) is 0. The van der Waals surface area contributed by atoms with Crippen molar-refractivity contribution < 1.29 is 19.7 Å². The molecule has 0 amide bonds. The van der Waals surface area contributed by atoms with Crippen LogP contribution in [0.5, 0.6) is 11.5 Å². The summed E-state index contributed by atoms with van der Waals surface area (Å²) in [6, 6.07) is 8.34. The van der Waals surface area contributed by atoms with Gasteiger partial charge in [-0.15, -0.1) is 0 Å². The molecule has 2 aromatic rings. The predicted molar refractivity (Wildman–Crippen MR) is 130 cm³/mol. The highest BCUT2D eigenvalue weighted by atomic mass is 79.9. The molecule has 0 aromatic heterocycles. The third kappa shape index (κ3) is 5.57. The Hall–Kier alpha value is -0.120. The fourth-order valence-corrected chi connectivity index (χ4v) is 6.31. The molecule has 0 spiro atoms. The van der Waals surface area contributed by atoms with Crippen LogP contribution >= 0.6 is 63.7 Å². The van der Waals surface area contributed by atoms with Gasteiger partial charge in [-0.05, 0) is 112 Å². The van der Waals surface area contributed by atoms with Crippen molar-refractivity contribution in [2.24, 2.45) is 0 Å². The molecule has 2 N–H and O–H groups in total. The van der Waals surface area contributed by atoms with Crippen molar-refractivity contribution in [3.8, 4) is 11.5 Å². The van der Waals surface area contributed by atoms with Crippen molar-refractivity contribution >= 4 is 63.7 Å². The molecule has 0 bridgehead atoms. The van der Waals surface area contributed by atoms with Gasteiger partial charge in [-0.2, -0.15) is 0 Å². The Balaban J connectivity index is 2.57. The molecule has 0 aliphatic rings. The number of aliphatic hydroxyl groups excluding tert-OH is 2. The summed E-state index contributed by atoms with van der Waals surface area (Å²) >= 11 is 14.5. The quantitative estimate of drug-likeness (QED) is 0.303. The van der Waals surface area contributed by atoms with Gasteiger partial charge in [0, 0.05) is 5.41 Å². The second-order valence-corrected chi connectivity index (χ2v) is 9.89. The van der Waals surface area contributed by atoms with Crippen LogP contribution in [0.2, 0.25) is 0 Å². The van der Waals surface area contributed by atoms with Gasteiger partial charge in [0.2, 0.25) is 0 Å². The van der Waals surface area contributed by atoms with E-state index in [1.54, 1.807) is 0 Å². The van der Waals surface area contributed by atoms with Crippen LogP contribution in [0.25, 0.3) is 0 Å². The van der Waals surface area contributed by atoms with Crippen molar-refractivity contribution in [2.45, 2.75) is 32.1 Å². The first kappa shape index (κ1) is 25.1. The lowest BCUT2D eigenvalue weighted by molar-refractivity contribution is 0.199. The second kappa shape index (κ2) is 11.5. The molecule has 0 heterocycles. The van der Waals surface area contributed by atoms with Gasteiger partial charge >= 0.3 is 0 Å². The van der Waals surface area contributed by atoms with E-state index < -0.39 is 0 Å². The maximum absolute atomic E-state index is 9.06. The van der Waals surface area contributed by atoms with Crippen LogP contribution in [0.4, 0.5) is 0 Å². The summed E-state index contributed by atoms with van der Waals surface area (Å²) in [6.45, 7) is 4.75. The van der Waals surface area contributed by atoms with Gasteiger partial charge in [0.05, 0.1) is 31.1 Å². The van der Waals surface area contributed by atoms with Gasteiger partial charge in [-0.1, -0.05) is 13.8 Å². The predicted octanol–water partition coefficient (Wildman–Crippen LogP) is 6.58. The minimum Gasteiger partial charge on any atom is -0.489 e. The first-order valence-corrected chi connectivity index (χ1v) is 12.5. The molecular formula is C21H24Br4O4. The summed E-state index contributed by atoms with van der Waals surface area (Å²) in [4.78, 5) is 0. The molecular weight excluding hydrogens is 636 g/mol. The molecule has 0 saturated carbocycles. The zero-order chi connectivity index (χ0) is 21.6. The fraction of sp³-hybridized carbons (Fsp3) is 0.429. The van der Waals surface area contributed by atoms with Gasteiger partial charge in [0.15, 0.2) is 0 Å². The van der Waals surface area contributed by atoms with E-state index in [2.05, 4.69) is 102 Å². The average Bonchev–Trinajstić information content (AvgIpc) is 2.68. The highest BCUT2D eigenvalue weighted by Gasteiger charge is 2.33. The second-order valence-electron chi connectivity index (χ2n) is 6.47. The van der Waals surface area contributed by atoms with Crippen LogP contribution in [-0.4, -0.2) is 36.6 Å². The third-order valence-corrected chi connectivity index (χ3v) is 7.34. The Bertz CT molecular complexity index is 726. The van der Waals surface area contributed by atoms with Crippen molar-refractivity contribution in [1.29, 1.82) is 0 Å². The van der Waals surface area contributed by atoms with Gasteiger partial charge in [-0.3, -0.25) is 0 Å². The molecule has 0 saturated heterocycles. The Morgan fingerprint density at radius 1 is 0.690 bits per heavy atom. The lowest BCUT2D eigenvalue weighted by atomic mass is 9.70. The number of rotatable bonds is 10. The van der Waals surface area contributed by atoms with Crippen LogP contribution in [0, 0.1) is 0 Å². The lowest BCUT2D eigenvalue weighted by Crippen LogP contribution is -2.26. The monoisotopic (exact) mass is 656 g/mol. The molecule has 0 radical (unpaired) electrons. The maximum Gasteiger partial charge on any atom is 0.147 e. The standard InChI is InChI=1S/C21H24Br4O4/c1-3-21(4-2,13-9-15(22)19(16(23)10-13)28-7-5-26)14-11-17(24)20(18(25)12-14)29-8-6-27/h9-12,26-27H,3-8H2,1-2H3. The van der Waals surface area contributed by atoms with Crippen molar-refractivity contribution in [3.63, 3.8) is 0 Å². The normalized spacial score (nSPS) is 11.6. The summed E-state index contributed by atoms with van der Waals surface area (Å²) in [6.07, 6.45) is 1.80. The Morgan fingerprint density at radius 2 is 1.00 bits per heavy atom. The van der Waals surface area contributed by atoms with E-state index in [4.69, 9.17) is 19.7 Å². The van der Waals surface area contributed by atoms with Gasteiger partial charge in [0.1, 0.15) is 24.7 Å². The lowest BCUT2D eigenvalue weighted by Gasteiger charge is -2.34. The van der Waals surface area contributed by atoms with E-state index in [1.807, 2.05) is 0 Å². The van der Waals surface area contributed by atoms with Crippen LogP contribution in [0.1, 0.15) is 37.8 Å². The maximum atomic E-state index is 9.06. The summed E-state index contributed by atoms with van der Waals surface area (Å²) in [5, 5.41) is 18.1. The van der Waals surface area contributed by atoms with E-state index in [0.717, 1.165) is 41.9 Å². The summed E-state index contributed by atoms with van der Waals surface area (Å²) in [5.41, 5.74) is 2.09. The van der Waals surface area contributed by atoms with Crippen molar-refractivity contribution in [2.75, 3.05) is 26.4 Å². The minimum atomic E-state index is -0.221. The SMILES string of the molecule is CCC(CC)(c1cc(Br)c(OCCO)c(Br)c1)c1cc(Br)c(OCCO)c(Br)c1. The number of aliphatic hydroxyl groups is 2. The van der Waals surface area contributed by atoms with Crippen LogP contribution in [-0.2, 0) is 5.41 Å². The number of benzene rings is 2. The van der Waals surface area contributed by atoms with Gasteiger partial charge < -0.3 is 19.7 Å². The Kier molecular flexibility index (Phi) is 9.96. The largest absolute Gasteiger partial charge is 0.489 e. The Morgan fingerprint density at radius 3 is 1.24 bits per heavy atom. The molecule has 2 aromatic carbocycles. The molecule has 0 aliphatic carbocycles. The first-order chi connectivity index (χ1) is 13.8. The summed E-state index contributed by atoms with van der Waals surface area (Å²) < 4.78 is 14.6. The smallest absolute Gasteiger partial charge is 0.147 e. The van der Waals surface area contributed by atoms with E-state index in [1.165, 1.54) is 0 Å². The van der Waals surface area contributed by atoms with E-state index in [9.17, 15) is 0 Å². The highest BCUT2D eigenvalue weighted by molar-refractivity contribution is 9.11. The summed E-state index contributed by atoms with van der Waals surface area (Å²) in [5.74, 6) is 1.36. The van der Waals surface area contributed by atoms with Gasteiger partial charge in [0.25, 0.3) is 0 Å². The Labute approximate surface area is 205 Å². The van der Waals surface area contributed by atoms with Crippen LogP contribution in [0.3, 0.4) is 0 Å². The van der Waals surface area contributed by atoms with E-state index in [0.29, 0.717) is 11.5 Å². The number of hydrogen-bond donors (Lipinski definition) is 2. The van der Waals surface area contributed by atoms with Crippen LogP contribution in [0.15, 0.2) is 42.2 Å². The third-order valence-electron chi connectivity index (χ3n) is 4.98. The molecule has 8 heteroatoms. The molecule has 4 nitrogen and oxygen atoms in total. The molecule has 0 atom stereocenters. The molecule has 0 fully saturated rings. The topological polar surface area (TPSA) is 58.9 Å². The number of ether oxygens (including phenoxy) is 2. The molecule has 0 aliphatic heterocycles. The van der Waals surface area contributed by atoms with E-state index in [-0.39, 0.29) is 31.8 Å². The highest BCUT2D eigenvalue weighted by Crippen LogP contribution is 2.47. The fourth-order valence-electron chi connectivity index (χ4n) is 3.48. The number of hydrogen-bond acceptors (Lipinski definition) is 4. The minimum absolute atomic E-state index is 0.0404. The number of halogens is 4. The molecule has 0 unspecified atom stereocenters. The van der Waals surface area contributed by atoms with Crippen molar-refractivity contribution in [3.05, 3.63) is 53.3 Å². The molecule has 2 rings (SSSR count). The van der Waals surface area contributed by atoms with E-state index >= 15 is 0 Å². The average molecular weight is 660 g/mol. The zero-order valence-corrected chi connectivity index (χ0v) is 22.6. The van der Waals surface area contributed by atoms with Crippen molar-refractivity contribution in [1.82, 2.24) is 0 Å². The zero-order valence-electron chi connectivity index (χ0n) is 16.3. The first-order valence-electron chi connectivity index (χ1n) is 9.30. The van der Waals surface area contributed by atoms with Crippen LogP contribution < -0.4 is 9.47 Å². The van der Waals surface area contributed by atoms with Gasteiger partial charge in [-0.25, -0.2) is 0 Å².